The maximum absolute atomic E-state index is 12.5. The molecule has 0 atom stereocenters. The van der Waals surface area contributed by atoms with E-state index in [1.807, 2.05) is 43.3 Å². The van der Waals surface area contributed by atoms with E-state index in [9.17, 15) is 14.9 Å². The summed E-state index contributed by atoms with van der Waals surface area (Å²) in [7, 11) is 0. The number of carbonyl (C=O) groups excluding carboxylic acids is 2. The van der Waals surface area contributed by atoms with E-state index in [0.717, 1.165) is 24.2 Å². The summed E-state index contributed by atoms with van der Waals surface area (Å²) in [4.78, 5) is 28.5. The minimum absolute atomic E-state index is 0.0492. The van der Waals surface area contributed by atoms with E-state index in [2.05, 4.69) is 21.6 Å². The molecule has 3 rings (SSSR count). The molecule has 0 aromatic heterocycles. The number of benzene rings is 2. The molecule has 3 amide bonds. The van der Waals surface area contributed by atoms with Crippen molar-refractivity contribution < 1.29 is 9.59 Å². The molecule has 1 saturated heterocycles. The van der Waals surface area contributed by atoms with E-state index >= 15 is 0 Å². The van der Waals surface area contributed by atoms with Crippen molar-refractivity contribution in [2.75, 3.05) is 42.9 Å². The zero-order chi connectivity index (χ0) is 20.6. The molecule has 1 heterocycles. The summed E-state index contributed by atoms with van der Waals surface area (Å²) in [6, 6.07) is 16.8. The molecule has 7 heteroatoms. The molecule has 0 aliphatic carbocycles. The van der Waals surface area contributed by atoms with Crippen LogP contribution in [0.3, 0.4) is 0 Å². The summed E-state index contributed by atoms with van der Waals surface area (Å²) >= 11 is 0. The molecule has 29 heavy (non-hydrogen) atoms. The van der Waals surface area contributed by atoms with E-state index in [4.69, 9.17) is 0 Å². The highest BCUT2D eigenvalue weighted by Gasteiger charge is 2.20. The van der Waals surface area contributed by atoms with Crippen molar-refractivity contribution in [1.82, 2.24) is 10.2 Å². The number of rotatable bonds is 4. The summed E-state index contributed by atoms with van der Waals surface area (Å²) in [5, 5.41) is 14.7. The predicted octanol–water partition coefficient (Wildman–Crippen LogP) is 2.73. The SMILES string of the molecule is Cc1cccc(NC(=O)NCC(=O)N2CCCN(c3ccccc3C#N)CC2)c1. The molecular weight excluding hydrogens is 366 g/mol. The number of anilines is 2. The number of aryl methyl sites for hydroxylation is 1. The summed E-state index contributed by atoms with van der Waals surface area (Å²) in [6.45, 7) is 4.52. The Bertz CT molecular complexity index is 921. The molecule has 1 aliphatic heterocycles. The first-order valence-electron chi connectivity index (χ1n) is 9.70. The van der Waals surface area contributed by atoms with Crippen LogP contribution in [0.15, 0.2) is 48.5 Å². The van der Waals surface area contributed by atoms with Crippen LogP contribution < -0.4 is 15.5 Å². The molecule has 0 spiro atoms. The maximum atomic E-state index is 12.5. The minimum atomic E-state index is -0.400. The Kier molecular flexibility index (Phi) is 6.69. The number of para-hydroxylation sites is 1. The van der Waals surface area contributed by atoms with Crippen molar-refractivity contribution >= 4 is 23.3 Å². The van der Waals surface area contributed by atoms with Gasteiger partial charge >= 0.3 is 6.03 Å². The second-order valence-corrected chi connectivity index (χ2v) is 7.03. The number of carbonyl (C=O) groups is 2. The van der Waals surface area contributed by atoms with Crippen LogP contribution in [0.1, 0.15) is 17.5 Å². The summed E-state index contributed by atoms with van der Waals surface area (Å²) in [5.74, 6) is -0.111. The van der Waals surface area contributed by atoms with Gasteiger partial charge in [-0.05, 0) is 43.2 Å². The third-order valence-electron chi connectivity index (χ3n) is 4.89. The van der Waals surface area contributed by atoms with Gasteiger partial charge in [-0.3, -0.25) is 4.79 Å². The average molecular weight is 391 g/mol. The molecule has 0 saturated carbocycles. The zero-order valence-electron chi connectivity index (χ0n) is 16.5. The lowest BCUT2D eigenvalue weighted by atomic mass is 10.1. The van der Waals surface area contributed by atoms with Gasteiger partial charge in [-0.15, -0.1) is 0 Å². The molecule has 2 aromatic rings. The van der Waals surface area contributed by atoms with E-state index < -0.39 is 6.03 Å². The molecule has 2 N–H and O–H groups in total. The number of hydrogen-bond acceptors (Lipinski definition) is 4. The lowest BCUT2D eigenvalue weighted by Crippen LogP contribution is -2.43. The van der Waals surface area contributed by atoms with Crippen LogP contribution in [0.2, 0.25) is 0 Å². The fourth-order valence-electron chi connectivity index (χ4n) is 3.42. The van der Waals surface area contributed by atoms with Crippen molar-refractivity contribution in [2.45, 2.75) is 13.3 Å². The Morgan fingerprint density at radius 2 is 1.90 bits per heavy atom. The molecule has 2 aromatic carbocycles. The predicted molar refractivity (Wildman–Crippen MR) is 113 cm³/mol. The van der Waals surface area contributed by atoms with Gasteiger partial charge in [0.15, 0.2) is 0 Å². The van der Waals surface area contributed by atoms with Crippen LogP contribution in [-0.2, 0) is 4.79 Å². The van der Waals surface area contributed by atoms with Gasteiger partial charge in [0, 0.05) is 31.9 Å². The third kappa shape index (κ3) is 5.48. The van der Waals surface area contributed by atoms with Gasteiger partial charge in [-0.2, -0.15) is 5.26 Å². The largest absolute Gasteiger partial charge is 0.369 e. The highest BCUT2D eigenvalue weighted by molar-refractivity contribution is 5.92. The zero-order valence-corrected chi connectivity index (χ0v) is 16.5. The van der Waals surface area contributed by atoms with Crippen LogP contribution in [-0.4, -0.2) is 49.6 Å². The number of nitriles is 1. The lowest BCUT2D eigenvalue weighted by Gasteiger charge is -2.24. The van der Waals surface area contributed by atoms with Crippen LogP contribution in [0.25, 0.3) is 0 Å². The van der Waals surface area contributed by atoms with Crippen molar-refractivity contribution in [3.05, 3.63) is 59.7 Å². The van der Waals surface area contributed by atoms with Crippen LogP contribution in [0, 0.1) is 18.3 Å². The van der Waals surface area contributed by atoms with E-state index in [0.29, 0.717) is 30.9 Å². The third-order valence-corrected chi connectivity index (χ3v) is 4.89. The van der Waals surface area contributed by atoms with Gasteiger partial charge in [-0.25, -0.2) is 4.79 Å². The smallest absolute Gasteiger partial charge is 0.319 e. The van der Waals surface area contributed by atoms with E-state index in [1.165, 1.54) is 0 Å². The fraction of sp³-hybridized carbons (Fsp3) is 0.318. The number of nitrogens with one attached hydrogen (secondary N) is 2. The Hall–Kier alpha value is -3.53. The number of nitrogens with zero attached hydrogens (tertiary/aromatic N) is 3. The van der Waals surface area contributed by atoms with E-state index in [-0.39, 0.29) is 12.5 Å². The molecular formula is C22H25N5O2. The first kappa shape index (κ1) is 20.2. The van der Waals surface area contributed by atoms with Crippen LogP contribution >= 0.6 is 0 Å². The summed E-state index contributed by atoms with van der Waals surface area (Å²) in [5.41, 5.74) is 3.28. The molecule has 1 fully saturated rings. The molecule has 1 aliphatic rings. The lowest BCUT2D eigenvalue weighted by molar-refractivity contribution is -0.129. The topological polar surface area (TPSA) is 88.5 Å². The Labute approximate surface area is 170 Å². The fourth-order valence-corrected chi connectivity index (χ4v) is 3.42. The van der Waals surface area contributed by atoms with Gasteiger partial charge in [0.1, 0.15) is 6.07 Å². The van der Waals surface area contributed by atoms with E-state index in [1.54, 1.807) is 17.0 Å². The molecule has 0 radical (unpaired) electrons. The maximum Gasteiger partial charge on any atom is 0.319 e. The monoisotopic (exact) mass is 391 g/mol. The van der Waals surface area contributed by atoms with Gasteiger partial charge in [0.25, 0.3) is 0 Å². The van der Waals surface area contributed by atoms with Crippen molar-refractivity contribution in [3.8, 4) is 6.07 Å². The highest BCUT2D eigenvalue weighted by Crippen LogP contribution is 2.21. The average Bonchev–Trinajstić information content (AvgIpc) is 2.98. The van der Waals surface area contributed by atoms with Gasteiger partial charge in [-0.1, -0.05) is 24.3 Å². The van der Waals surface area contributed by atoms with Crippen LogP contribution in [0.5, 0.6) is 0 Å². The molecule has 0 bridgehead atoms. The highest BCUT2D eigenvalue weighted by atomic mass is 16.2. The van der Waals surface area contributed by atoms with Gasteiger partial charge in [0.2, 0.25) is 5.91 Å². The second-order valence-electron chi connectivity index (χ2n) is 7.03. The molecule has 0 unspecified atom stereocenters. The Balaban J connectivity index is 1.50. The molecule has 7 nitrogen and oxygen atoms in total. The first-order valence-corrected chi connectivity index (χ1v) is 9.70. The quantitative estimate of drug-likeness (QED) is 0.839. The number of amides is 3. The second kappa shape index (κ2) is 9.60. The first-order chi connectivity index (χ1) is 14.1. The number of urea groups is 1. The standard InChI is InChI=1S/C22H25N5O2/c1-17-6-4-8-19(14-17)25-22(29)24-16-21(28)27-11-5-10-26(12-13-27)20-9-3-2-7-18(20)15-23/h2-4,6-9,14H,5,10-13,16H2,1H3,(H2,24,25,29). The van der Waals surface area contributed by atoms with Crippen molar-refractivity contribution in [2.24, 2.45) is 0 Å². The Morgan fingerprint density at radius 1 is 1.07 bits per heavy atom. The van der Waals surface area contributed by atoms with Crippen LogP contribution in [0.4, 0.5) is 16.2 Å². The summed E-state index contributed by atoms with van der Waals surface area (Å²) in [6.07, 6.45) is 0.807. The minimum Gasteiger partial charge on any atom is -0.369 e. The molecule has 150 valence electrons. The summed E-state index contributed by atoms with van der Waals surface area (Å²) < 4.78 is 0. The number of hydrogen-bond donors (Lipinski definition) is 2. The normalized spacial score (nSPS) is 13.9. The van der Waals surface area contributed by atoms with Crippen molar-refractivity contribution in [1.29, 1.82) is 5.26 Å². The Morgan fingerprint density at radius 3 is 2.69 bits per heavy atom. The van der Waals surface area contributed by atoms with Gasteiger partial charge in [0.05, 0.1) is 17.8 Å². The van der Waals surface area contributed by atoms with Gasteiger partial charge < -0.3 is 20.4 Å². The van der Waals surface area contributed by atoms with Crippen molar-refractivity contribution in [3.63, 3.8) is 0 Å².